The Balaban J connectivity index is 2.15. The molecule has 2 rings (SSSR count). The molecule has 1 atom stereocenters. The number of non-ortho nitro benzene ring substituents is 1. The molecule has 0 spiro atoms. The lowest BCUT2D eigenvalue weighted by atomic mass is 10.1. The quantitative estimate of drug-likeness (QED) is 0.217. The van der Waals surface area contributed by atoms with E-state index in [1.165, 1.54) is 25.4 Å². The summed E-state index contributed by atoms with van der Waals surface area (Å²) < 4.78 is 10.0. The summed E-state index contributed by atoms with van der Waals surface area (Å²) in [4.78, 5) is 42.6. The molecule has 0 saturated heterocycles. The minimum atomic E-state index is -0.909. The summed E-state index contributed by atoms with van der Waals surface area (Å²) >= 11 is 0. The van der Waals surface area contributed by atoms with Gasteiger partial charge in [0, 0.05) is 12.3 Å². The Morgan fingerprint density at radius 1 is 1.42 bits per heavy atom. The Labute approximate surface area is 148 Å². The molecule has 2 aromatic rings. The summed E-state index contributed by atoms with van der Waals surface area (Å²) in [6, 6.07) is 4.90. The SMILES string of the molecule is CCC(C(=O)OC)N(C=O)OCOc1ccc([N+](=O)[O-])c2cccnc12. The molecule has 138 valence electrons. The van der Waals surface area contributed by atoms with Crippen LogP contribution in [0.15, 0.2) is 30.5 Å². The number of hydrogen-bond acceptors (Lipinski definition) is 8. The Kier molecular flexibility index (Phi) is 6.39. The first-order chi connectivity index (χ1) is 12.5. The zero-order chi connectivity index (χ0) is 19.1. The number of hydrogen-bond donors (Lipinski definition) is 0. The molecule has 10 heteroatoms. The molecule has 1 unspecified atom stereocenters. The molecule has 0 bridgehead atoms. The largest absolute Gasteiger partial charge is 0.467 e. The van der Waals surface area contributed by atoms with Crippen LogP contribution in [-0.2, 0) is 19.2 Å². The fourth-order valence-corrected chi connectivity index (χ4v) is 2.34. The molecular weight excluding hydrogens is 346 g/mol. The number of rotatable bonds is 9. The highest BCUT2D eigenvalue weighted by atomic mass is 16.8. The van der Waals surface area contributed by atoms with E-state index in [0.717, 1.165) is 5.06 Å². The lowest BCUT2D eigenvalue weighted by Crippen LogP contribution is -2.41. The van der Waals surface area contributed by atoms with Gasteiger partial charge in [0.15, 0.2) is 6.04 Å². The highest BCUT2D eigenvalue weighted by Gasteiger charge is 2.25. The third-order valence-corrected chi connectivity index (χ3v) is 3.59. The highest BCUT2D eigenvalue weighted by Crippen LogP contribution is 2.31. The van der Waals surface area contributed by atoms with Gasteiger partial charge in [-0.25, -0.2) is 14.7 Å². The van der Waals surface area contributed by atoms with Crippen LogP contribution in [0.5, 0.6) is 5.75 Å². The van der Waals surface area contributed by atoms with Crippen molar-refractivity contribution < 1.29 is 28.8 Å². The monoisotopic (exact) mass is 363 g/mol. The van der Waals surface area contributed by atoms with Crippen LogP contribution in [0.25, 0.3) is 10.9 Å². The smallest absolute Gasteiger partial charge is 0.331 e. The second-order valence-corrected chi connectivity index (χ2v) is 5.04. The predicted octanol–water partition coefficient (Wildman–Crippen LogP) is 1.82. The molecular formula is C16H17N3O7. The zero-order valence-corrected chi connectivity index (χ0v) is 14.2. The molecule has 0 saturated carbocycles. The number of nitrogens with zero attached hydrogens (tertiary/aromatic N) is 3. The molecule has 26 heavy (non-hydrogen) atoms. The zero-order valence-electron chi connectivity index (χ0n) is 14.2. The summed E-state index contributed by atoms with van der Waals surface area (Å²) in [7, 11) is 1.21. The van der Waals surface area contributed by atoms with Crippen LogP contribution in [-0.4, -0.2) is 47.3 Å². The summed E-state index contributed by atoms with van der Waals surface area (Å²) in [6.07, 6.45) is 2.11. The van der Waals surface area contributed by atoms with Crippen molar-refractivity contribution in [2.75, 3.05) is 13.9 Å². The van der Waals surface area contributed by atoms with E-state index in [1.807, 2.05) is 0 Å². The van der Waals surface area contributed by atoms with E-state index in [-0.39, 0.29) is 23.4 Å². The van der Waals surface area contributed by atoms with Crippen LogP contribution < -0.4 is 4.74 Å². The van der Waals surface area contributed by atoms with Crippen LogP contribution in [0.3, 0.4) is 0 Å². The highest BCUT2D eigenvalue weighted by molar-refractivity contribution is 5.92. The third kappa shape index (κ3) is 4.03. The minimum absolute atomic E-state index is 0.104. The van der Waals surface area contributed by atoms with Crippen LogP contribution in [0.1, 0.15) is 13.3 Å². The molecule has 0 N–H and O–H groups in total. The topological polar surface area (TPSA) is 121 Å². The van der Waals surface area contributed by atoms with Crippen molar-refractivity contribution >= 4 is 29.0 Å². The van der Waals surface area contributed by atoms with Gasteiger partial charge in [0.1, 0.15) is 11.3 Å². The van der Waals surface area contributed by atoms with E-state index in [1.54, 1.807) is 19.1 Å². The van der Waals surface area contributed by atoms with Crippen molar-refractivity contribution in [2.45, 2.75) is 19.4 Å². The number of amides is 1. The number of fused-ring (bicyclic) bond motifs is 1. The van der Waals surface area contributed by atoms with Gasteiger partial charge in [0.05, 0.1) is 17.4 Å². The molecule has 0 aliphatic carbocycles. The molecule has 1 amide bonds. The number of hydroxylamine groups is 2. The number of esters is 1. The fraction of sp³-hybridized carbons (Fsp3) is 0.312. The fourth-order valence-electron chi connectivity index (χ4n) is 2.34. The van der Waals surface area contributed by atoms with Gasteiger partial charge < -0.3 is 9.47 Å². The number of benzene rings is 1. The van der Waals surface area contributed by atoms with Crippen molar-refractivity contribution in [2.24, 2.45) is 0 Å². The number of carbonyl (C=O) groups excluding carboxylic acids is 2. The van der Waals surface area contributed by atoms with Crippen LogP contribution in [0.4, 0.5) is 5.69 Å². The van der Waals surface area contributed by atoms with E-state index in [9.17, 15) is 19.7 Å². The molecule has 1 aromatic heterocycles. The lowest BCUT2D eigenvalue weighted by molar-refractivity contribution is -0.383. The first kappa shape index (κ1) is 19.1. The van der Waals surface area contributed by atoms with Gasteiger partial charge >= 0.3 is 5.97 Å². The number of methoxy groups -OCH3 is 1. The second-order valence-electron chi connectivity index (χ2n) is 5.04. The van der Waals surface area contributed by atoms with Gasteiger partial charge in [0.2, 0.25) is 13.2 Å². The Morgan fingerprint density at radius 3 is 2.81 bits per heavy atom. The Bertz CT molecular complexity index is 812. The molecule has 1 heterocycles. The summed E-state index contributed by atoms with van der Waals surface area (Å²) in [5.41, 5.74) is 0.176. The minimum Gasteiger partial charge on any atom is -0.467 e. The Morgan fingerprint density at radius 2 is 2.19 bits per heavy atom. The second kappa shape index (κ2) is 8.72. The number of ether oxygens (including phenoxy) is 2. The molecule has 1 aromatic carbocycles. The van der Waals surface area contributed by atoms with Crippen LogP contribution in [0.2, 0.25) is 0 Å². The van der Waals surface area contributed by atoms with Crippen LogP contribution in [0, 0.1) is 10.1 Å². The first-order valence-electron chi connectivity index (χ1n) is 7.62. The van der Waals surface area contributed by atoms with E-state index in [2.05, 4.69) is 9.72 Å². The van der Waals surface area contributed by atoms with Crippen molar-refractivity contribution in [1.82, 2.24) is 10.0 Å². The van der Waals surface area contributed by atoms with Crippen molar-refractivity contribution in [3.63, 3.8) is 0 Å². The number of carbonyl (C=O) groups is 2. The number of aromatic nitrogens is 1. The average molecular weight is 363 g/mol. The average Bonchev–Trinajstić information content (AvgIpc) is 2.66. The van der Waals surface area contributed by atoms with E-state index in [4.69, 9.17) is 9.57 Å². The number of pyridine rings is 1. The van der Waals surface area contributed by atoms with Gasteiger partial charge in [-0.3, -0.25) is 19.9 Å². The number of nitro benzene ring substituents is 1. The normalized spacial score (nSPS) is 11.6. The molecule has 0 aliphatic heterocycles. The summed E-state index contributed by atoms with van der Waals surface area (Å²) in [5.74, 6) is -0.384. The van der Waals surface area contributed by atoms with E-state index in [0.29, 0.717) is 11.8 Å². The summed E-state index contributed by atoms with van der Waals surface area (Å²) in [6.45, 7) is 1.28. The standard InChI is InChI=1S/C16H17N3O7/c1-3-12(16(21)24-2)18(9-20)26-10-25-14-7-6-13(19(22)23)11-5-4-8-17-15(11)14/h4-9,12H,3,10H2,1-2H3. The maximum absolute atomic E-state index is 11.6. The predicted molar refractivity (Wildman–Crippen MR) is 89.0 cm³/mol. The lowest BCUT2D eigenvalue weighted by Gasteiger charge is -2.23. The van der Waals surface area contributed by atoms with E-state index >= 15 is 0 Å². The van der Waals surface area contributed by atoms with Gasteiger partial charge in [-0.1, -0.05) is 6.92 Å². The Hall–Kier alpha value is -3.27. The van der Waals surface area contributed by atoms with Crippen molar-refractivity contribution in [1.29, 1.82) is 0 Å². The molecule has 10 nitrogen and oxygen atoms in total. The summed E-state index contributed by atoms with van der Waals surface area (Å²) in [5, 5.41) is 12.2. The van der Waals surface area contributed by atoms with Crippen LogP contribution >= 0.6 is 0 Å². The maximum atomic E-state index is 11.6. The van der Waals surface area contributed by atoms with Crippen molar-refractivity contribution in [3.8, 4) is 5.75 Å². The molecule has 0 aliphatic rings. The van der Waals surface area contributed by atoms with Gasteiger partial charge in [-0.15, -0.1) is 0 Å². The number of nitro groups is 1. The molecule has 0 radical (unpaired) electrons. The maximum Gasteiger partial charge on any atom is 0.331 e. The van der Waals surface area contributed by atoms with Gasteiger partial charge in [-0.05, 0) is 24.6 Å². The van der Waals surface area contributed by atoms with Gasteiger partial charge in [0.25, 0.3) is 5.69 Å². The third-order valence-electron chi connectivity index (χ3n) is 3.59. The van der Waals surface area contributed by atoms with E-state index < -0.39 is 23.7 Å². The van der Waals surface area contributed by atoms with Gasteiger partial charge in [-0.2, -0.15) is 0 Å². The van der Waals surface area contributed by atoms with Crippen molar-refractivity contribution in [3.05, 3.63) is 40.6 Å². The molecule has 0 fully saturated rings. The first-order valence-corrected chi connectivity index (χ1v) is 7.62.